The molecule has 2 aromatic carbocycles. The fourth-order valence-electron chi connectivity index (χ4n) is 3.75. The molecule has 3 unspecified atom stereocenters. The summed E-state index contributed by atoms with van der Waals surface area (Å²) in [6.45, 7) is 0. The van der Waals surface area contributed by atoms with Gasteiger partial charge in [0.05, 0.1) is 6.10 Å². The van der Waals surface area contributed by atoms with Crippen LogP contribution in [0, 0.1) is 5.92 Å². The van der Waals surface area contributed by atoms with E-state index in [-0.39, 0.29) is 17.1 Å². The van der Waals surface area contributed by atoms with Gasteiger partial charge in [-0.05, 0) is 59.2 Å². The Morgan fingerprint density at radius 2 is 1.92 bits per heavy atom. The predicted octanol–water partition coefficient (Wildman–Crippen LogP) is 3.55. The molecule has 2 N–H and O–H groups in total. The lowest BCUT2D eigenvalue weighted by atomic mass is 9.78. The standard InChI is InChI=1S/C20H19NO3S/c22-17-14(10-12-4-2-1-3-5-12)7-6-13-11-15(8-9-16(13)17)18-19(23)21-20(24)25-18/h1-5,8-9,11,14,17-18,22H,6-7,10H2,(H,21,23,24). The fraction of sp³-hybridized carbons (Fsp3) is 0.300. The fourth-order valence-corrected chi connectivity index (χ4v) is 4.57. The van der Waals surface area contributed by atoms with E-state index in [0.717, 1.165) is 47.7 Å². The van der Waals surface area contributed by atoms with E-state index in [1.165, 1.54) is 5.56 Å². The number of imide groups is 1. The zero-order chi connectivity index (χ0) is 17.4. The van der Waals surface area contributed by atoms with E-state index in [9.17, 15) is 14.7 Å². The highest BCUT2D eigenvalue weighted by molar-refractivity contribution is 8.15. The average molecular weight is 353 g/mol. The molecule has 1 saturated heterocycles. The Labute approximate surface area is 150 Å². The minimum atomic E-state index is -0.496. The van der Waals surface area contributed by atoms with Gasteiger partial charge in [0.1, 0.15) is 5.25 Å². The maximum Gasteiger partial charge on any atom is 0.286 e. The van der Waals surface area contributed by atoms with Crippen molar-refractivity contribution in [1.82, 2.24) is 5.32 Å². The number of carbonyl (C=O) groups excluding carboxylic acids is 2. The van der Waals surface area contributed by atoms with Crippen LogP contribution in [-0.4, -0.2) is 16.3 Å². The number of amides is 2. The van der Waals surface area contributed by atoms with Gasteiger partial charge in [0.25, 0.3) is 5.24 Å². The van der Waals surface area contributed by atoms with Crippen LogP contribution in [0.3, 0.4) is 0 Å². The smallest absolute Gasteiger partial charge is 0.286 e. The molecule has 1 fully saturated rings. The van der Waals surface area contributed by atoms with Crippen molar-refractivity contribution in [1.29, 1.82) is 0 Å². The molecule has 2 aromatic rings. The summed E-state index contributed by atoms with van der Waals surface area (Å²) in [5.41, 5.74) is 4.11. The number of thioether (sulfide) groups is 1. The van der Waals surface area contributed by atoms with Crippen molar-refractivity contribution in [3.05, 3.63) is 70.8 Å². The van der Waals surface area contributed by atoms with Gasteiger partial charge in [-0.25, -0.2) is 0 Å². The molecule has 4 rings (SSSR count). The summed E-state index contributed by atoms with van der Waals surface area (Å²) >= 11 is 1.02. The third-order valence-electron chi connectivity index (χ3n) is 5.05. The SMILES string of the molecule is O=C1NC(=O)C(c2ccc3c(c2)CCC(Cc2ccccc2)C3O)S1. The van der Waals surface area contributed by atoms with Gasteiger partial charge >= 0.3 is 0 Å². The molecule has 2 amide bonds. The van der Waals surface area contributed by atoms with Gasteiger partial charge in [-0.2, -0.15) is 0 Å². The lowest BCUT2D eigenvalue weighted by molar-refractivity contribution is -0.119. The Morgan fingerprint density at radius 3 is 2.64 bits per heavy atom. The van der Waals surface area contributed by atoms with E-state index >= 15 is 0 Å². The first-order valence-corrected chi connectivity index (χ1v) is 9.36. The summed E-state index contributed by atoms with van der Waals surface area (Å²) in [5, 5.41) is 12.3. The van der Waals surface area contributed by atoms with E-state index in [4.69, 9.17) is 0 Å². The van der Waals surface area contributed by atoms with Crippen LogP contribution in [0.5, 0.6) is 0 Å². The zero-order valence-corrected chi connectivity index (χ0v) is 14.5. The van der Waals surface area contributed by atoms with Gasteiger partial charge in [-0.15, -0.1) is 0 Å². The number of aliphatic hydroxyl groups is 1. The maximum atomic E-state index is 11.9. The van der Waals surface area contributed by atoms with E-state index in [2.05, 4.69) is 17.4 Å². The van der Waals surface area contributed by atoms with Gasteiger partial charge < -0.3 is 5.11 Å². The Kier molecular flexibility index (Phi) is 4.36. The largest absolute Gasteiger partial charge is 0.388 e. The molecule has 0 aromatic heterocycles. The normalized spacial score (nSPS) is 25.6. The molecular formula is C20H19NO3S. The molecule has 0 bridgehead atoms. The van der Waals surface area contributed by atoms with E-state index < -0.39 is 11.4 Å². The van der Waals surface area contributed by atoms with Gasteiger partial charge in [0.2, 0.25) is 5.91 Å². The lowest BCUT2D eigenvalue weighted by Gasteiger charge is -2.31. The zero-order valence-electron chi connectivity index (χ0n) is 13.6. The van der Waals surface area contributed by atoms with Gasteiger partial charge in [-0.1, -0.05) is 48.5 Å². The molecule has 25 heavy (non-hydrogen) atoms. The van der Waals surface area contributed by atoms with E-state index in [1.807, 2.05) is 36.4 Å². The molecule has 0 saturated carbocycles. The van der Waals surface area contributed by atoms with E-state index in [1.54, 1.807) is 0 Å². The first-order chi connectivity index (χ1) is 12.1. The van der Waals surface area contributed by atoms with Crippen molar-refractivity contribution in [2.75, 3.05) is 0 Å². The van der Waals surface area contributed by atoms with Gasteiger partial charge in [0.15, 0.2) is 0 Å². The summed E-state index contributed by atoms with van der Waals surface area (Å²) in [6.07, 6.45) is 2.16. The second-order valence-electron chi connectivity index (χ2n) is 6.67. The van der Waals surface area contributed by atoms with Gasteiger partial charge in [-0.3, -0.25) is 14.9 Å². The minimum absolute atomic E-state index is 0.200. The molecule has 1 aliphatic carbocycles. The summed E-state index contributed by atoms with van der Waals surface area (Å²) in [4.78, 5) is 23.3. The third-order valence-corrected chi connectivity index (χ3v) is 6.09. The molecule has 1 aliphatic heterocycles. The van der Waals surface area contributed by atoms with Crippen molar-refractivity contribution >= 4 is 22.9 Å². The molecule has 0 radical (unpaired) electrons. The van der Waals surface area contributed by atoms with Crippen LogP contribution in [0.4, 0.5) is 4.79 Å². The summed E-state index contributed by atoms with van der Waals surface area (Å²) < 4.78 is 0. The summed E-state index contributed by atoms with van der Waals surface area (Å²) in [5.74, 6) is -0.0558. The van der Waals surface area contributed by atoms with Crippen LogP contribution < -0.4 is 5.32 Å². The van der Waals surface area contributed by atoms with Crippen molar-refractivity contribution in [3.63, 3.8) is 0 Å². The van der Waals surface area contributed by atoms with E-state index in [0.29, 0.717) is 0 Å². The molecule has 1 heterocycles. The summed E-state index contributed by atoms with van der Waals surface area (Å²) in [6, 6.07) is 16.0. The van der Waals surface area contributed by atoms with Crippen LogP contribution in [0.2, 0.25) is 0 Å². The predicted molar refractivity (Wildman–Crippen MR) is 97.2 cm³/mol. The van der Waals surface area contributed by atoms with Crippen LogP contribution in [0.15, 0.2) is 48.5 Å². The van der Waals surface area contributed by atoms with Crippen LogP contribution in [-0.2, 0) is 17.6 Å². The number of nitrogens with one attached hydrogen (secondary N) is 1. The number of aryl methyl sites for hydroxylation is 1. The topological polar surface area (TPSA) is 66.4 Å². The van der Waals surface area contributed by atoms with Crippen LogP contribution in [0.1, 0.15) is 40.0 Å². The third kappa shape index (κ3) is 3.22. The highest BCUT2D eigenvalue weighted by Gasteiger charge is 2.34. The molecule has 4 nitrogen and oxygen atoms in total. The quantitative estimate of drug-likeness (QED) is 0.886. The number of rotatable bonds is 3. The molecule has 2 aliphatic rings. The minimum Gasteiger partial charge on any atom is -0.388 e. The number of hydrogen-bond acceptors (Lipinski definition) is 4. The molecule has 0 spiro atoms. The molecule has 128 valence electrons. The van der Waals surface area contributed by atoms with Crippen LogP contribution in [0.25, 0.3) is 0 Å². The Balaban J connectivity index is 1.55. The number of aliphatic hydroxyl groups excluding tert-OH is 1. The van der Waals surface area contributed by atoms with Crippen molar-refractivity contribution in [2.45, 2.75) is 30.6 Å². The van der Waals surface area contributed by atoms with Crippen molar-refractivity contribution in [3.8, 4) is 0 Å². The highest BCUT2D eigenvalue weighted by Crippen LogP contribution is 2.40. The second kappa shape index (κ2) is 6.65. The lowest BCUT2D eigenvalue weighted by Crippen LogP contribution is -2.23. The second-order valence-corrected chi connectivity index (χ2v) is 7.74. The monoisotopic (exact) mass is 353 g/mol. The number of hydrogen-bond donors (Lipinski definition) is 2. The van der Waals surface area contributed by atoms with Crippen molar-refractivity contribution < 1.29 is 14.7 Å². The first-order valence-electron chi connectivity index (χ1n) is 8.48. The number of fused-ring (bicyclic) bond motifs is 1. The van der Waals surface area contributed by atoms with Gasteiger partial charge in [0, 0.05) is 0 Å². The molecular weight excluding hydrogens is 334 g/mol. The Bertz CT molecular complexity index is 821. The molecule has 3 atom stereocenters. The number of carbonyl (C=O) groups is 2. The van der Waals surface area contributed by atoms with Crippen molar-refractivity contribution in [2.24, 2.45) is 5.92 Å². The Hall–Kier alpha value is -2.11. The Morgan fingerprint density at radius 1 is 1.12 bits per heavy atom. The first kappa shape index (κ1) is 16.4. The highest BCUT2D eigenvalue weighted by atomic mass is 32.2. The maximum absolute atomic E-state index is 11.9. The average Bonchev–Trinajstić information content (AvgIpc) is 2.96. The molecule has 5 heteroatoms. The summed E-state index contributed by atoms with van der Waals surface area (Å²) in [7, 11) is 0. The van der Waals surface area contributed by atoms with Crippen LogP contribution >= 0.6 is 11.8 Å². The number of benzene rings is 2.